The van der Waals surface area contributed by atoms with E-state index in [0.29, 0.717) is 36.1 Å². The highest BCUT2D eigenvalue weighted by molar-refractivity contribution is 7.16. The molecule has 0 radical (unpaired) electrons. The van der Waals surface area contributed by atoms with Crippen LogP contribution in [-0.2, 0) is 6.54 Å². The van der Waals surface area contributed by atoms with Gasteiger partial charge in [-0.05, 0) is 12.1 Å². The number of nitro benzene ring substituents is 1. The summed E-state index contributed by atoms with van der Waals surface area (Å²) in [7, 11) is 0. The van der Waals surface area contributed by atoms with Gasteiger partial charge < -0.3 is 14.0 Å². The zero-order valence-corrected chi connectivity index (χ0v) is 15.5. The van der Waals surface area contributed by atoms with Gasteiger partial charge in [0, 0.05) is 36.4 Å². The van der Waals surface area contributed by atoms with Crippen LogP contribution in [0.25, 0.3) is 10.2 Å². The van der Waals surface area contributed by atoms with Gasteiger partial charge in [0.2, 0.25) is 0 Å². The van der Waals surface area contributed by atoms with Crippen LogP contribution < -0.4 is 14.3 Å². The van der Waals surface area contributed by atoms with Gasteiger partial charge in [-0.25, -0.2) is 0 Å². The Balaban J connectivity index is 1.79. The molecule has 0 aliphatic carbocycles. The summed E-state index contributed by atoms with van der Waals surface area (Å²) in [6.45, 7) is 5.21. The lowest BCUT2D eigenvalue weighted by atomic mass is 10.2. The monoisotopic (exact) mass is 397 g/mol. The number of nitrogens with zero attached hydrogens (tertiary/aromatic N) is 3. The number of hydrogen-bond acceptors (Lipinski definition) is 6. The van der Waals surface area contributed by atoms with Crippen LogP contribution in [0.1, 0.15) is 10.4 Å². The van der Waals surface area contributed by atoms with Crippen LogP contribution in [0.15, 0.2) is 54.0 Å². The van der Waals surface area contributed by atoms with Crippen LogP contribution in [0.4, 0.5) is 5.69 Å². The summed E-state index contributed by atoms with van der Waals surface area (Å²) in [5, 5.41) is 10.8. The van der Waals surface area contributed by atoms with Crippen molar-refractivity contribution in [3.05, 3.63) is 69.5 Å². The van der Waals surface area contributed by atoms with E-state index in [9.17, 15) is 14.9 Å². The van der Waals surface area contributed by atoms with Crippen molar-refractivity contribution in [1.82, 2.24) is 4.57 Å². The quantitative estimate of drug-likeness (QED) is 0.382. The van der Waals surface area contributed by atoms with E-state index in [4.69, 9.17) is 9.47 Å². The van der Waals surface area contributed by atoms with Crippen LogP contribution >= 0.6 is 11.3 Å². The van der Waals surface area contributed by atoms with E-state index >= 15 is 0 Å². The van der Waals surface area contributed by atoms with E-state index in [1.165, 1.54) is 35.6 Å². The minimum atomic E-state index is -0.513. The maximum atomic E-state index is 12.6. The van der Waals surface area contributed by atoms with E-state index in [1.807, 2.05) is 16.7 Å². The van der Waals surface area contributed by atoms with Crippen molar-refractivity contribution >= 4 is 33.1 Å². The molecular weight excluding hydrogens is 382 g/mol. The van der Waals surface area contributed by atoms with E-state index in [1.54, 1.807) is 6.08 Å². The third-order valence-electron chi connectivity index (χ3n) is 4.18. The lowest BCUT2D eigenvalue weighted by Crippen LogP contribution is -2.17. The Morgan fingerprint density at radius 2 is 1.93 bits per heavy atom. The molecule has 3 aromatic rings. The van der Waals surface area contributed by atoms with Crippen molar-refractivity contribution in [3.63, 3.8) is 0 Å². The molecule has 1 aliphatic rings. The normalized spacial score (nSPS) is 13.5. The lowest BCUT2D eigenvalue weighted by molar-refractivity contribution is -0.384. The molecule has 1 amide bonds. The van der Waals surface area contributed by atoms with E-state index in [2.05, 4.69) is 11.6 Å². The molecule has 0 spiro atoms. The van der Waals surface area contributed by atoms with Gasteiger partial charge >= 0.3 is 0 Å². The first-order valence-electron chi connectivity index (χ1n) is 8.44. The third kappa shape index (κ3) is 3.27. The average Bonchev–Trinajstić information content (AvgIpc) is 3.02. The molecule has 0 saturated heterocycles. The average molecular weight is 397 g/mol. The maximum absolute atomic E-state index is 12.6. The summed E-state index contributed by atoms with van der Waals surface area (Å²) in [6, 6.07) is 9.12. The number of thiazole rings is 1. The zero-order valence-electron chi connectivity index (χ0n) is 14.7. The minimum Gasteiger partial charge on any atom is -0.486 e. The topological polar surface area (TPSA) is 96.0 Å². The Morgan fingerprint density at radius 3 is 2.57 bits per heavy atom. The number of carbonyl (C=O) groups is 1. The van der Waals surface area contributed by atoms with Gasteiger partial charge in [-0.2, -0.15) is 4.99 Å². The van der Waals surface area contributed by atoms with Gasteiger partial charge in [0.05, 0.1) is 15.1 Å². The fraction of sp³-hybridized carbons (Fsp3) is 0.158. The van der Waals surface area contributed by atoms with Crippen LogP contribution in [0, 0.1) is 10.1 Å². The van der Waals surface area contributed by atoms with Crippen molar-refractivity contribution in [2.45, 2.75) is 6.54 Å². The largest absolute Gasteiger partial charge is 0.486 e. The molecule has 0 saturated carbocycles. The fourth-order valence-electron chi connectivity index (χ4n) is 2.87. The Morgan fingerprint density at radius 1 is 1.25 bits per heavy atom. The Hall–Kier alpha value is -3.46. The molecule has 4 rings (SSSR count). The van der Waals surface area contributed by atoms with Crippen molar-refractivity contribution in [3.8, 4) is 11.5 Å². The molecule has 1 aromatic heterocycles. The number of aromatic nitrogens is 1. The predicted molar refractivity (Wildman–Crippen MR) is 104 cm³/mol. The first-order chi connectivity index (χ1) is 13.6. The molecule has 0 unspecified atom stereocenters. The van der Waals surface area contributed by atoms with Gasteiger partial charge in [0.25, 0.3) is 11.6 Å². The number of non-ortho nitro benzene ring substituents is 1. The highest BCUT2D eigenvalue weighted by Gasteiger charge is 2.17. The standard InChI is InChI=1S/C19H15N3O5S/c1-2-7-21-14-10-15-16(27-9-8-26-15)11-17(14)28-19(21)20-18(23)12-3-5-13(6-4-12)22(24)25/h2-6,10-11H,1,7-9H2. The number of rotatable bonds is 4. The minimum absolute atomic E-state index is 0.0780. The molecule has 8 nitrogen and oxygen atoms in total. The van der Waals surface area contributed by atoms with Gasteiger partial charge in [-0.3, -0.25) is 14.9 Å². The van der Waals surface area contributed by atoms with Gasteiger partial charge in [0.1, 0.15) is 13.2 Å². The molecule has 9 heteroatoms. The first kappa shape index (κ1) is 17.9. The summed E-state index contributed by atoms with van der Waals surface area (Å²) in [5.41, 5.74) is 1.06. The van der Waals surface area contributed by atoms with E-state index in [0.717, 1.165) is 10.2 Å². The van der Waals surface area contributed by atoms with Crippen molar-refractivity contribution < 1.29 is 19.2 Å². The predicted octanol–water partition coefficient (Wildman–Crippen LogP) is 3.31. The number of hydrogen-bond donors (Lipinski definition) is 0. The number of amides is 1. The highest BCUT2D eigenvalue weighted by Crippen LogP contribution is 2.35. The maximum Gasteiger partial charge on any atom is 0.279 e. The van der Waals surface area contributed by atoms with E-state index in [-0.39, 0.29) is 11.3 Å². The fourth-order valence-corrected chi connectivity index (χ4v) is 3.92. The molecule has 0 fully saturated rings. The first-order valence-corrected chi connectivity index (χ1v) is 9.26. The number of fused-ring (bicyclic) bond motifs is 2. The second-order valence-corrected chi connectivity index (χ2v) is 6.98. The Labute approximate surface area is 163 Å². The van der Waals surface area contributed by atoms with Crippen LogP contribution in [-0.4, -0.2) is 28.6 Å². The van der Waals surface area contributed by atoms with Crippen LogP contribution in [0.2, 0.25) is 0 Å². The summed E-state index contributed by atoms with van der Waals surface area (Å²) in [6.07, 6.45) is 1.72. The number of ether oxygens (including phenoxy) is 2. The van der Waals surface area contributed by atoms with Gasteiger partial charge in [-0.15, -0.1) is 6.58 Å². The van der Waals surface area contributed by atoms with E-state index < -0.39 is 10.8 Å². The van der Waals surface area contributed by atoms with Crippen molar-refractivity contribution in [2.75, 3.05) is 13.2 Å². The zero-order chi connectivity index (χ0) is 19.7. The summed E-state index contributed by atoms with van der Waals surface area (Å²) in [4.78, 5) is 27.5. The highest BCUT2D eigenvalue weighted by atomic mass is 32.1. The lowest BCUT2D eigenvalue weighted by Gasteiger charge is -2.18. The number of allylic oxidation sites excluding steroid dienone is 1. The Kier molecular flexibility index (Phi) is 4.66. The second kappa shape index (κ2) is 7.28. The molecule has 1 aliphatic heterocycles. The Bertz CT molecular complexity index is 1160. The number of carbonyl (C=O) groups excluding carboxylic acids is 1. The number of nitro groups is 1. The molecule has 28 heavy (non-hydrogen) atoms. The smallest absolute Gasteiger partial charge is 0.279 e. The third-order valence-corrected chi connectivity index (χ3v) is 5.22. The van der Waals surface area contributed by atoms with Crippen molar-refractivity contribution in [1.29, 1.82) is 0 Å². The molecule has 2 heterocycles. The molecule has 0 bridgehead atoms. The summed E-state index contributed by atoms with van der Waals surface area (Å²) in [5.74, 6) is 0.845. The van der Waals surface area contributed by atoms with Gasteiger partial charge in [0.15, 0.2) is 16.3 Å². The van der Waals surface area contributed by atoms with Crippen LogP contribution in [0.3, 0.4) is 0 Å². The number of benzene rings is 2. The summed E-state index contributed by atoms with van der Waals surface area (Å²) < 4.78 is 14.0. The molecule has 0 N–H and O–H groups in total. The summed E-state index contributed by atoms with van der Waals surface area (Å²) >= 11 is 1.35. The second-order valence-electron chi connectivity index (χ2n) is 5.97. The molecular formula is C19H15N3O5S. The van der Waals surface area contributed by atoms with Crippen molar-refractivity contribution in [2.24, 2.45) is 4.99 Å². The molecule has 142 valence electrons. The molecule has 0 atom stereocenters. The van der Waals surface area contributed by atoms with Gasteiger partial charge in [-0.1, -0.05) is 17.4 Å². The molecule has 2 aromatic carbocycles. The van der Waals surface area contributed by atoms with Crippen LogP contribution in [0.5, 0.6) is 11.5 Å². The SMILES string of the molecule is C=CCn1c(=NC(=O)c2ccc([N+](=O)[O-])cc2)sc2cc3c(cc21)OCCO3.